The minimum absolute atomic E-state index is 0.0318. The number of halogens is 3. The Morgan fingerprint density at radius 1 is 1.30 bits per heavy atom. The maximum absolute atomic E-state index is 13.3. The van der Waals surface area contributed by atoms with E-state index in [1.165, 1.54) is 33.0 Å². The lowest BCUT2D eigenvalue weighted by Gasteiger charge is -2.27. The molecule has 1 aliphatic rings. The zero-order valence-electron chi connectivity index (χ0n) is 16.5. The summed E-state index contributed by atoms with van der Waals surface area (Å²) in [5.74, 6) is -0.287. The first-order valence-corrected chi connectivity index (χ1v) is 10.6. The van der Waals surface area contributed by atoms with Crippen molar-refractivity contribution in [3.63, 3.8) is 0 Å². The Morgan fingerprint density at radius 2 is 2.10 bits per heavy atom. The van der Waals surface area contributed by atoms with E-state index in [1.54, 1.807) is 6.07 Å². The number of aryl methyl sites for hydroxylation is 2. The second-order valence-corrected chi connectivity index (χ2v) is 8.13. The number of carbonyl (C=O) groups is 1. The van der Waals surface area contributed by atoms with Crippen LogP contribution >= 0.6 is 11.3 Å². The third kappa shape index (κ3) is 3.73. The number of fused-ring (bicyclic) bond motifs is 1. The molecule has 4 heterocycles. The van der Waals surface area contributed by atoms with Gasteiger partial charge >= 0.3 is 6.18 Å². The van der Waals surface area contributed by atoms with Gasteiger partial charge in [0.05, 0.1) is 11.9 Å². The number of anilines is 2. The molecule has 0 aromatic carbocycles. The van der Waals surface area contributed by atoms with Crippen LogP contribution in [-0.2, 0) is 12.8 Å². The molecule has 3 aromatic heterocycles. The predicted molar refractivity (Wildman–Crippen MR) is 108 cm³/mol. The Morgan fingerprint density at radius 3 is 2.77 bits per heavy atom. The molecule has 7 nitrogen and oxygen atoms in total. The van der Waals surface area contributed by atoms with Gasteiger partial charge in [0.1, 0.15) is 11.9 Å². The first-order chi connectivity index (χ1) is 14.3. The van der Waals surface area contributed by atoms with Crippen LogP contribution < -0.4 is 10.2 Å². The van der Waals surface area contributed by atoms with Gasteiger partial charge in [-0.05, 0) is 37.8 Å². The van der Waals surface area contributed by atoms with Crippen LogP contribution in [0.15, 0.2) is 18.3 Å². The maximum Gasteiger partial charge on any atom is 0.408 e. The average Bonchev–Trinajstić information content (AvgIpc) is 3.43. The van der Waals surface area contributed by atoms with Gasteiger partial charge in [0, 0.05) is 11.4 Å². The number of rotatable bonds is 5. The molecule has 160 valence electrons. The van der Waals surface area contributed by atoms with Crippen LogP contribution in [0.1, 0.15) is 47.7 Å². The summed E-state index contributed by atoms with van der Waals surface area (Å²) in [6, 6.07) is 1.51. The van der Waals surface area contributed by atoms with Crippen molar-refractivity contribution in [3.05, 3.63) is 34.6 Å². The molecule has 0 spiro atoms. The van der Waals surface area contributed by atoms with Crippen LogP contribution in [0.3, 0.4) is 0 Å². The number of carbonyl (C=O) groups excluding carboxylic acids is 1. The number of amides is 1. The van der Waals surface area contributed by atoms with E-state index < -0.39 is 18.1 Å². The van der Waals surface area contributed by atoms with Gasteiger partial charge in [0.2, 0.25) is 0 Å². The second-order valence-electron chi connectivity index (χ2n) is 7.05. The minimum Gasteiger partial charge on any atom is -0.343 e. The maximum atomic E-state index is 13.3. The fraction of sp³-hybridized carbons (Fsp3) is 0.474. The Kier molecular flexibility index (Phi) is 5.39. The SMILES string of the molecule is CCc1nc(NC(=O)c2cnc3ccc(N4CCCC4C(F)(F)F)nn23)sc1CC. The molecule has 0 saturated carbocycles. The van der Waals surface area contributed by atoms with Crippen molar-refractivity contribution in [1.82, 2.24) is 19.6 Å². The Bertz CT molecular complexity index is 1050. The zero-order valence-corrected chi connectivity index (χ0v) is 17.3. The van der Waals surface area contributed by atoms with Crippen LogP contribution in [0.5, 0.6) is 0 Å². The van der Waals surface area contributed by atoms with E-state index in [0.717, 1.165) is 23.4 Å². The quantitative estimate of drug-likeness (QED) is 0.649. The van der Waals surface area contributed by atoms with Crippen molar-refractivity contribution in [2.75, 3.05) is 16.8 Å². The molecule has 1 atom stereocenters. The summed E-state index contributed by atoms with van der Waals surface area (Å²) < 4.78 is 41.3. The van der Waals surface area contributed by atoms with Gasteiger partial charge in [-0.1, -0.05) is 13.8 Å². The second kappa shape index (κ2) is 7.86. The number of alkyl halides is 3. The molecule has 11 heteroatoms. The largest absolute Gasteiger partial charge is 0.408 e. The molecule has 1 fully saturated rings. The molecule has 30 heavy (non-hydrogen) atoms. The van der Waals surface area contributed by atoms with Crippen LogP contribution in [0.2, 0.25) is 0 Å². The van der Waals surface area contributed by atoms with Gasteiger partial charge in [-0.3, -0.25) is 10.1 Å². The van der Waals surface area contributed by atoms with Crippen LogP contribution in [0.4, 0.5) is 24.1 Å². The number of imidazole rings is 1. The Balaban J connectivity index is 1.63. The third-order valence-corrected chi connectivity index (χ3v) is 6.32. The highest BCUT2D eigenvalue weighted by Gasteiger charge is 2.46. The summed E-state index contributed by atoms with van der Waals surface area (Å²) in [6.07, 6.45) is -0.905. The summed E-state index contributed by atoms with van der Waals surface area (Å²) in [5.41, 5.74) is 1.47. The first-order valence-electron chi connectivity index (χ1n) is 9.79. The van der Waals surface area contributed by atoms with Crippen molar-refractivity contribution in [2.24, 2.45) is 0 Å². The van der Waals surface area contributed by atoms with Crippen molar-refractivity contribution in [3.8, 4) is 0 Å². The van der Waals surface area contributed by atoms with Gasteiger partial charge in [-0.25, -0.2) is 14.5 Å². The summed E-state index contributed by atoms with van der Waals surface area (Å²) in [6.45, 7) is 4.29. The number of hydrogen-bond donors (Lipinski definition) is 1. The number of hydrogen-bond acceptors (Lipinski definition) is 6. The molecule has 4 rings (SSSR count). The number of aromatic nitrogens is 4. The molecular weight excluding hydrogens is 417 g/mol. The molecule has 0 aliphatic carbocycles. The number of nitrogens with one attached hydrogen (secondary N) is 1. The Hall–Kier alpha value is -2.69. The molecule has 1 unspecified atom stereocenters. The van der Waals surface area contributed by atoms with E-state index in [2.05, 4.69) is 20.4 Å². The van der Waals surface area contributed by atoms with Crippen molar-refractivity contribution in [2.45, 2.75) is 51.7 Å². The normalized spacial score (nSPS) is 17.1. The first kappa shape index (κ1) is 20.6. The average molecular weight is 438 g/mol. The molecule has 0 bridgehead atoms. The lowest BCUT2D eigenvalue weighted by Crippen LogP contribution is -2.41. The fourth-order valence-electron chi connectivity index (χ4n) is 3.70. The summed E-state index contributed by atoms with van der Waals surface area (Å²) in [4.78, 5) is 23.8. The lowest BCUT2D eigenvalue weighted by molar-refractivity contribution is -0.146. The fourth-order valence-corrected chi connectivity index (χ4v) is 4.69. The molecule has 1 aliphatic heterocycles. The van der Waals surface area contributed by atoms with Gasteiger partial charge in [0.15, 0.2) is 16.5 Å². The van der Waals surface area contributed by atoms with Crippen LogP contribution in [0, 0.1) is 0 Å². The third-order valence-electron chi connectivity index (χ3n) is 5.16. The van der Waals surface area contributed by atoms with Gasteiger partial charge < -0.3 is 4.90 Å². The highest BCUT2D eigenvalue weighted by molar-refractivity contribution is 7.15. The van der Waals surface area contributed by atoms with Crippen LogP contribution in [0.25, 0.3) is 5.65 Å². The Labute approximate surface area is 174 Å². The van der Waals surface area contributed by atoms with E-state index >= 15 is 0 Å². The van der Waals surface area contributed by atoms with Crippen LogP contribution in [-0.4, -0.2) is 44.3 Å². The molecule has 3 aromatic rings. The number of nitrogens with zero attached hydrogens (tertiary/aromatic N) is 5. The van der Waals surface area contributed by atoms with Crippen molar-refractivity contribution in [1.29, 1.82) is 0 Å². The van der Waals surface area contributed by atoms with Crippen molar-refractivity contribution < 1.29 is 18.0 Å². The zero-order chi connectivity index (χ0) is 21.5. The highest BCUT2D eigenvalue weighted by Crippen LogP contribution is 2.35. The minimum atomic E-state index is -4.33. The summed E-state index contributed by atoms with van der Waals surface area (Å²) >= 11 is 1.42. The molecule has 1 amide bonds. The lowest BCUT2D eigenvalue weighted by atomic mass is 10.2. The van der Waals surface area contributed by atoms with Gasteiger partial charge in [-0.2, -0.15) is 13.2 Å². The van der Waals surface area contributed by atoms with Gasteiger partial charge in [-0.15, -0.1) is 16.4 Å². The van der Waals surface area contributed by atoms with Gasteiger partial charge in [0.25, 0.3) is 5.91 Å². The molecular formula is C19H21F3N6OS. The van der Waals surface area contributed by atoms with E-state index in [4.69, 9.17) is 0 Å². The molecule has 1 saturated heterocycles. The standard InChI is InChI=1S/C19H21F3N6OS/c1-3-11-13(4-2)30-18(24-11)25-17(29)12-10-23-15-7-8-16(26-28(12)15)27-9-5-6-14(27)19(20,21)22/h7-8,10,14H,3-6,9H2,1-2H3,(H,24,25,29). The van der Waals surface area contributed by atoms with E-state index in [1.807, 2.05) is 13.8 Å². The molecule has 0 radical (unpaired) electrons. The van der Waals surface area contributed by atoms with E-state index in [-0.39, 0.29) is 24.5 Å². The van der Waals surface area contributed by atoms with E-state index in [0.29, 0.717) is 17.2 Å². The summed E-state index contributed by atoms with van der Waals surface area (Å²) in [7, 11) is 0. The highest BCUT2D eigenvalue weighted by atomic mass is 32.1. The smallest absolute Gasteiger partial charge is 0.343 e. The monoisotopic (exact) mass is 438 g/mol. The van der Waals surface area contributed by atoms with E-state index in [9.17, 15) is 18.0 Å². The topological polar surface area (TPSA) is 75.4 Å². The van der Waals surface area contributed by atoms with Crippen molar-refractivity contribution >= 4 is 33.8 Å². The number of thiazole rings is 1. The predicted octanol–water partition coefficient (Wildman–Crippen LogP) is 4.09. The molecule has 1 N–H and O–H groups in total. The summed E-state index contributed by atoms with van der Waals surface area (Å²) in [5, 5.41) is 7.55.